The summed E-state index contributed by atoms with van der Waals surface area (Å²) in [7, 11) is 0. The van der Waals surface area contributed by atoms with Gasteiger partial charge in [0.1, 0.15) is 0 Å². The van der Waals surface area contributed by atoms with Gasteiger partial charge in [-0.2, -0.15) is 0 Å². The Bertz CT molecular complexity index is 2650. The van der Waals surface area contributed by atoms with Gasteiger partial charge >= 0.3 is 0 Å². The Balaban J connectivity index is 1.15. The van der Waals surface area contributed by atoms with Crippen molar-refractivity contribution in [3.8, 4) is 16.8 Å². The van der Waals surface area contributed by atoms with E-state index in [1.165, 1.54) is 76.0 Å². The fourth-order valence-corrected chi connectivity index (χ4v) is 9.04. The zero-order chi connectivity index (χ0) is 34.0. The molecule has 1 aliphatic carbocycles. The first kappa shape index (κ1) is 30.4. The number of benzene rings is 6. The molecule has 0 saturated carbocycles. The number of nitrogens with zero attached hydrogens (tertiary/aromatic N) is 2. The molecule has 0 spiro atoms. The first-order valence-electron chi connectivity index (χ1n) is 17.4. The van der Waals surface area contributed by atoms with Crippen molar-refractivity contribution < 1.29 is 0 Å². The number of hydrogen-bond acceptors (Lipinski definition) is 2. The molecule has 2 heterocycles. The lowest BCUT2D eigenvalue weighted by Gasteiger charge is -2.28. The molecule has 0 atom stereocenters. The molecule has 50 heavy (non-hydrogen) atoms. The second-order valence-corrected chi connectivity index (χ2v) is 15.0. The van der Waals surface area contributed by atoms with Crippen LogP contribution in [0.3, 0.4) is 0 Å². The van der Waals surface area contributed by atoms with Crippen LogP contribution in [0, 0.1) is 0 Å². The molecule has 0 unspecified atom stereocenters. The third kappa shape index (κ3) is 4.84. The van der Waals surface area contributed by atoms with Crippen LogP contribution in [0.15, 0.2) is 163 Å². The van der Waals surface area contributed by atoms with Gasteiger partial charge in [0.15, 0.2) is 0 Å². The van der Waals surface area contributed by atoms with E-state index in [4.69, 9.17) is 0 Å². The topological polar surface area (TPSA) is 8.17 Å². The Hall–Kier alpha value is -5.64. The lowest BCUT2D eigenvalue weighted by atomic mass is 9.82. The predicted octanol–water partition coefficient (Wildman–Crippen LogP) is 13.5. The molecule has 6 aromatic carbocycles. The van der Waals surface area contributed by atoms with E-state index in [1.807, 2.05) is 11.3 Å². The molecule has 9 rings (SSSR count). The van der Waals surface area contributed by atoms with Crippen molar-refractivity contribution in [2.75, 3.05) is 4.90 Å². The van der Waals surface area contributed by atoms with Crippen LogP contribution < -0.4 is 4.90 Å². The van der Waals surface area contributed by atoms with Crippen molar-refractivity contribution in [1.29, 1.82) is 0 Å². The second-order valence-electron chi connectivity index (χ2n) is 13.9. The average Bonchev–Trinajstić information content (AvgIpc) is 3.78. The van der Waals surface area contributed by atoms with E-state index in [-0.39, 0.29) is 5.41 Å². The van der Waals surface area contributed by atoms with Gasteiger partial charge < -0.3 is 9.47 Å². The first-order chi connectivity index (χ1) is 24.4. The number of anilines is 2. The Morgan fingerprint density at radius 1 is 0.600 bits per heavy atom. The zero-order valence-electron chi connectivity index (χ0n) is 28.8. The van der Waals surface area contributed by atoms with E-state index >= 15 is 0 Å². The molecule has 0 bridgehead atoms. The fraction of sp³-hybridized carbons (Fsp3) is 0.106. The standard InChI is InChI=1S/C47H38N2S/c1-31(45-30-44-46(50-45)40-19-11-13-21-43(40)49(44)35-16-6-5-7-17-35)22-23-32(2)48(36-25-24-33-14-8-9-15-34(33)28-36)37-26-27-39-38-18-10-12-20-41(38)47(3,4)42(39)29-37/h5-30H,1-4H3/b31-22+,32-23+. The maximum atomic E-state index is 2.41. The van der Waals surface area contributed by atoms with Gasteiger partial charge in [-0.1, -0.05) is 117 Å². The highest BCUT2D eigenvalue weighted by Crippen LogP contribution is 2.50. The fourth-order valence-electron chi connectivity index (χ4n) is 7.89. The molecule has 0 fully saturated rings. The van der Waals surface area contributed by atoms with Crippen molar-refractivity contribution in [1.82, 2.24) is 4.57 Å². The number of thiophene rings is 1. The van der Waals surface area contributed by atoms with E-state index < -0.39 is 0 Å². The van der Waals surface area contributed by atoms with Gasteiger partial charge in [0, 0.05) is 38.4 Å². The Morgan fingerprint density at radius 3 is 2.14 bits per heavy atom. The minimum atomic E-state index is -0.0725. The second kappa shape index (κ2) is 11.8. The van der Waals surface area contributed by atoms with Crippen LogP contribution in [0.4, 0.5) is 11.4 Å². The van der Waals surface area contributed by atoms with Crippen LogP contribution in [0.2, 0.25) is 0 Å². The summed E-state index contributed by atoms with van der Waals surface area (Å²) in [5.41, 5.74) is 13.8. The molecule has 8 aromatic rings. The zero-order valence-corrected chi connectivity index (χ0v) is 29.6. The SMILES string of the molecule is C/C(=C\C=C(/C)N(c1ccc2c(c1)C(C)(C)c1ccccc1-2)c1ccc2ccccc2c1)c1cc2c(s1)c1ccccc1n2-c1ccccc1. The number of allylic oxidation sites excluding steroid dienone is 4. The van der Waals surface area contributed by atoms with Gasteiger partial charge in [-0.25, -0.2) is 0 Å². The largest absolute Gasteiger partial charge is 0.314 e. The van der Waals surface area contributed by atoms with Gasteiger partial charge in [-0.15, -0.1) is 11.3 Å². The monoisotopic (exact) mass is 662 g/mol. The van der Waals surface area contributed by atoms with Crippen molar-refractivity contribution >= 4 is 60.2 Å². The summed E-state index contributed by atoms with van der Waals surface area (Å²) in [6, 6.07) is 53.1. The molecule has 0 saturated heterocycles. The molecular weight excluding hydrogens is 625 g/mol. The summed E-state index contributed by atoms with van der Waals surface area (Å²) in [5.74, 6) is 0. The summed E-state index contributed by atoms with van der Waals surface area (Å²) >= 11 is 1.88. The van der Waals surface area contributed by atoms with Gasteiger partial charge in [-0.05, 0) is 107 Å². The Morgan fingerprint density at radius 2 is 1.28 bits per heavy atom. The number of hydrogen-bond donors (Lipinski definition) is 0. The normalized spacial score (nSPS) is 14.0. The third-order valence-electron chi connectivity index (χ3n) is 10.5. The molecule has 2 aromatic heterocycles. The molecule has 0 N–H and O–H groups in total. The van der Waals surface area contributed by atoms with Crippen LogP contribution in [-0.4, -0.2) is 4.57 Å². The Labute approximate surface area is 297 Å². The van der Waals surface area contributed by atoms with E-state index in [2.05, 4.69) is 195 Å². The van der Waals surface area contributed by atoms with Gasteiger partial charge in [0.05, 0.1) is 15.7 Å². The number of rotatable bonds is 6. The predicted molar refractivity (Wildman–Crippen MR) is 216 cm³/mol. The van der Waals surface area contributed by atoms with Crippen LogP contribution in [0.1, 0.15) is 43.7 Å². The number of para-hydroxylation sites is 2. The minimum absolute atomic E-state index is 0.0725. The highest BCUT2D eigenvalue weighted by atomic mass is 32.1. The number of aromatic nitrogens is 1. The lowest BCUT2D eigenvalue weighted by Crippen LogP contribution is -2.18. The first-order valence-corrected chi connectivity index (χ1v) is 18.2. The van der Waals surface area contributed by atoms with Crippen LogP contribution >= 0.6 is 11.3 Å². The maximum absolute atomic E-state index is 2.41. The number of fused-ring (bicyclic) bond motifs is 7. The molecule has 0 aliphatic heterocycles. The van der Waals surface area contributed by atoms with E-state index in [0.717, 1.165) is 11.4 Å². The van der Waals surface area contributed by atoms with Crippen molar-refractivity contribution in [2.45, 2.75) is 33.1 Å². The summed E-state index contributed by atoms with van der Waals surface area (Å²) in [5, 5.41) is 3.78. The van der Waals surface area contributed by atoms with Gasteiger partial charge in [0.2, 0.25) is 0 Å². The van der Waals surface area contributed by atoms with Crippen LogP contribution in [0.25, 0.3) is 54.3 Å². The highest BCUT2D eigenvalue weighted by molar-refractivity contribution is 7.21. The molecule has 3 heteroatoms. The molecular formula is C47H38N2S. The smallest absolute Gasteiger partial charge is 0.0655 e. The van der Waals surface area contributed by atoms with Crippen LogP contribution in [0.5, 0.6) is 0 Å². The Kier molecular flexibility index (Phi) is 7.15. The van der Waals surface area contributed by atoms with E-state index in [9.17, 15) is 0 Å². The molecule has 0 amide bonds. The lowest BCUT2D eigenvalue weighted by molar-refractivity contribution is 0.660. The maximum Gasteiger partial charge on any atom is 0.0655 e. The van der Waals surface area contributed by atoms with E-state index in [0.29, 0.717) is 0 Å². The van der Waals surface area contributed by atoms with Crippen molar-refractivity contribution in [3.63, 3.8) is 0 Å². The summed E-state index contributed by atoms with van der Waals surface area (Å²) in [6.45, 7) is 9.17. The summed E-state index contributed by atoms with van der Waals surface area (Å²) < 4.78 is 3.72. The molecule has 1 aliphatic rings. The highest BCUT2D eigenvalue weighted by Gasteiger charge is 2.35. The summed E-state index contributed by atoms with van der Waals surface area (Å²) in [4.78, 5) is 3.70. The third-order valence-corrected chi connectivity index (χ3v) is 11.8. The van der Waals surface area contributed by atoms with E-state index in [1.54, 1.807) is 0 Å². The molecule has 2 nitrogen and oxygen atoms in total. The molecule has 0 radical (unpaired) electrons. The van der Waals surface area contributed by atoms with Crippen molar-refractivity contribution in [2.24, 2.45) is 0 Å². The van der Waals surface area contributed by atoms with Gasteiger partial charge in [0.25, 0.3) is 0 Å². The summed E-state index contributed by atoms with van der Waals surface area (Å²) in [6.07, 6.45) is 4.57. The van der Waals surface area contributed by atoms with Crippen LogP contribution in [-0.2, 0) is 5.41 Å². The van der Waals surface area contributed by atoms with Crippen molar-refractivity contribution in [3.05, 3.63) is 179 Å². The quantitative estimate of drug-likeness (QED) is 0.161. The van der Waals surface area contributed by atoms with Gasteiger partial charge in [-0.3, -0.25) is 0 Å². The minimum Gasteiger partial charge on any atom is -0.314 e. The molecule has 242 valence electrons. The average molecular weight is 663 g/mol.